The van der Waals surface area contributed by atoms with Crippen LogP contribution in [0.5, 0.6) is 0 Å². The van der Waals surface area contributed by atoms with Crippen LogP contribution in [-0.2, 0) is 16.6 Å². The first-order valence-electron chi connectivity index (χ1n) is 8.34. The third kappa shape index (κ3) is 4.83. The van der Waals surface area contributed by atoms with Gasteiger partial charge in [-0.05, 0) is 41.3 Å². The van der Waals surface area contributed by atoms with Gasteiger partial charge in [0.25, 0.3) is 10.0 Å². The summed E-state index contributed by atoms with van der Waals surface area (Å²) in [4.78, 5) is 0.212. The summed E-state index contributed by atoms with van der Waals surface area (Å²) in [7, 11) is -3.67. The summed E-state index contributed by atoms with van der Waals surface area (Å²) in [5.74, 6) is 0.342. The van der Waals surface area contributed by atoms with Crippen molar-refractivity contribution in [2.45, 2.75) is 31.2 Å². The van der Waals surface area contributed by atoms with E-state index in [1.165, 1.54) is 6.20 Å². The van der Waals surface area contributed by atoms with Crippen molar-refractivity contribution < 1.29 is 8.42 Å². The summed E-state index contributed by atoms with van der Waals surface area (Å²) in [5, 5.41) is 5.14. The first-order valence-corrected chi connectivity index (χ1v) is 10.6. The molecule has 3 rings (SSSR count). The monoisotopic (exact) mass is 423 g/mol. The van der Waals surface area contributed by atoms with Crippen LogP contribution in [0, 0.1) is 0 Å². The molecule has 0 radical (unpaired) electrons. The van der Waals surface area contributed by atoms with Crippen molar-refractivity contribution in [2.24, 2.45) is 0 Å². The van der Waals surface area contributed by atoms with Gasteiger partial charge in [-0.3, -0.25) is 9.40 Å². The highest BCUT2D eigenvalue weighted by Gasteiger charge is 2.15. The molecule has 27 heavy (non-hydrogen) atoms. The maximum Gasteiger partial charge on any atom is 0.261 e. The van der Waals surface area contributed by atoms with Crippen LogP contribution in [0.4, 0.5) is 5.69 Å². The number of anilines is 1. The molecule has 2 aromatic carbocycles. The van der Waals surface area contributed by atoms with Gasteiger partial charge in [0.15, 0.2) is 0 Å². The van der Waals surface area contributed by atoms with E-state index in [0.717, 1.165) is 11.1 Å². The van der Waals surface area contributed by atoms with Gasteiger partial charge >= 0.3 is 0 Å². The zero-order valence-electron chi connectivity index (χ0n) is 14.9. The Labute approximate surface area is 169 Å². The lowest BCUT2D eigenvalue weighted by atomic mass is 10.0. The van der Waals surface area contributed by atoms with Gasteiger partial charge in [-0.25, -0.2) is 8.42 Å². The highest BCUT2D eigenvalue weighted by atomic mass is 35.5. The van der Waals surface area contributed by atoms with E-state index in [1.54, 1.807) is 35.1 Å². The van der Waals surface area contributed by atoms with Crippen LogP contribution in [0.3, 0.4) is 0 Å². The van der Waals surface area contributed by atoms with Crippen molar-refractivity contribution in [3.8, 4) is 0 Å². The number of nitrogens with zero attached hydrogens (tertiary/aromatic N) is 2. The summed E-state index contributed by atoms with van der Waals surface area (Å²) in [5.41, 5.74) is 2.39. The van der Waals surface area contributed by atoms with Crippen LogP contribution in [-0.4, -0.2) is 18.2 Å². The molecule has 0 saturated carbocycles. The Morgan fingerprint density at radius 1 is 1.07 bits per heavy atom. The van der Waals surface area contributed by atoms with E-state index in [4.69, 9.17) is 23.2 Å². The SMILES string of the molecule is CC(C)c1ccc(S(=O)(=O)Nc2cnn(Cc3ccc(Cl)c(Cl)c3)c2)cc1. The van der Waals surface area contributed by atoms with Gasteiger partial charge in [-0.2, -0.15) is 5.10 Å². The summed E-state index contributed by atoms with van der Waals surface area (Å²) in [6.45, 7) is 4.57. The molecule has 0 spiro atoms. The smallest absolute Gasteiger partial charge is 0.261 e. The van der Waals surface area contributed by atoms with Crippen LogP contribution < -0.4 is 4.72 Å². The lowest BCUT2D eigenvalue weighted by Gasteiger charge is -2.08. The van der Waals surface area contributed by atoms with Crippen LogP contribution in [0.2, 0.25) is 10.0 Å². The third-order valence-electron chi connectivity index (χ3n) is 4.07. The summed E-state index contributed by atoms with van der Waals surface area (Å²) in [6.07, 6.45) is 3.10. The number of benzene rings is 2. The standard InChI is InChI=1S/C19H19Cl2N3O2S/c1-13(2)15-4-6-17(7-5-15)27(25,26)23-16-10-22-24(12-16)11-14-3-8-18(20)19(21)9-14/h3-10,12-13,23H,11H2,1-2H3. The molecule has 0 unspecified atom stereocenters. The van der Waals surface area contributed by atoms with E-state index >= 15 is 0 Å². The average Bonchev–Trinajstić information content (AvgIpc) is 3.04. The Balaban J connectivity index is 1.73. The number of hydrogen-bond donors (Lipinski definition) is 1. The minimum absolute atomic E-state index is 0.212. The first kappa shape index (κ1) is 19.7. The number of hydrogen-bond acceptors (Lipinski definition) is 3. The lowest BCUT2D eigenvalue weighted by Crippen LogP contribution is -2.12. The number of aromatic nitrogens is 2. The zero-order chi connectivity index (χ0) is 19.6. The molecule has 3 aromatic rings. The molecular formula is C19H19Cl2N3O2S. The minimum Gasteiger partial charge on any atom is -0.276 e. The predicted octanol–water partition coefficient (Wildman–Crippen LogP) is 5.16. The van der Waals surface area contributed by atoms with Gasteiger partial charge < -0.3 is 0 Å². The van der Waals surface area contributed by atoms with Crippen LogP contribution in [0.15, 0.2) is 59.8 Å². The van der Waals surface area contributed by atoms with Crippen molar-refractivity contribution in [1.82, 2.24) is 9.78 Å². The van der Waals surface area contributed by atoms with E-state index < -0.39 is 10.0 Å². The minimum atomic E-state index is -3.67. The Bertz CT molecular complexity index is 1050. The second-order valence-electron chi connectivity index (χ2n) is 6.50. The molecular weight excluding hydrogens is 405 g/mol. The number of sulfonamides is 1. The molecule has 1 N–H and O–H groups in total. The Kier molecular flexibility index (Phi) is 5.79. The number of halogens is 2. The molecule has 142 valence electrons. The first-order chi connectivity index (χ1) is 12.7. The maximum atomic E-state index is 12.6. The molecule has 0 aliphatic rings. The molecule has 0 aliphatic heterocycles. The second-order valence-corrected chi connectivity index (χ2v) is 9.00. The second kappa shape index (κ2) is 7.92. The quantitative estimate of drug-likeness (QED) is 0.594. The Morgan fingerprint density at radius 2 is 1.78 bits per heavy atom. The van der Waals surface area contributed by atoms with Crippen molar-refractivity contribution >= 4 is 38.9 Å². The van der Waals surface area contributed by atoms with Crippen molar-refractivity contribution in [3.05, 3.63) is 76.0 Å². The molecule has 0 saturated heterocycles. The van der Waals surface area contributed by atoms with E-state index in [1.807, 2.05) is 18.2 Å². The Morgan fingerprint density at radius 3 is 2.41 bits per heavy atom. The van der Waals surface area contributed by atoms with Gasteiger partial charge in [-0.15, -0.1) is 0 Å². The predicted molar refractivity (Wildman–Crippen MR) is 109 cm³/mol. The van der Waals surface area contributed by atoms with Gasteiger partial charge in [0.05, 0.1) is 33.4 Å². The molecule has 0 aliphatic carbocycles. The average molecular weight is 424 g/mol. The number of rotatable bonds is 6. The fourth-order valence-electron chi connectivity index (χ4n) is 2.57. The van der Waals surface area contributed by atoms with Gasteiger partial charge in [0.1, 0.15) is 0 Å². The highest BCUT2D eigenvalue weighted by molar-refractivity contribution is 7.92. The molecule has 0 bridgehead atoms. The van der Waals surface area contributed by atoms with E-state index in [2.05, 4.69) is 23.7 Å². The molecule has 0 atom stereocenters. The molecule has 5 nitrogen and oxygen atoms in total. The lowest BCUT2D eigenvalue weighted by molar-refractivity contribution is 0.601. The summed E-state index contributed by atoms with van der Waals surface area (Å²) in [6, 6.07) is 12.2. The summed E-state index contributed by atoms with van der Waals surface area (Å²) < 4.78 is 29.3. The normalized spacial score (nSPS) is 11.7. The third-order valence-corrected chi connectivity index (χ3v) is 6.21. The van der Waals surface area contributed by atoms with Crippen LogP contribution in [0.1, 0.15) is 30.9 Å². The van der Waals surface area contributed by atoms with Crippen molar-refractivity contribution in [2.75, 3.05) is 4.72 Å². The molecule has 8 heteroatoms. The topological polar surface area (TPSA) is 64.0 Å². The molecule has 1 heterocycles. The van der Waals surface area contributed by atoms with Crippen LogP contribution in [0.25, 0.3) is 0 Å². The zero-order valence-corrected chi connectivity index (χ0v) is 17.2. The summed E-state index contributed by atoms with van der Waals surface area (Å²) >= 11 is 11.9. The highest BCUT2D eigenvalue weighted by Crippen LogP contribution is 2.23. The largest absolute Gasteiger partial charge is 0.276 e. The van der Waals surface area contributed by atoms with E-state index in [0.29, 0.717) is 28.2 Å². The molecule has 1 aromatic heterocycles. The van der Waals surface area contributed by atoms with Gasteiger partial charge in [0, 0.05) is 6.20 Å². The fraction of sp³-hybridized carbons (Fsp3) is 0.211. The van der Waals surface area contributed by atoms with E-state index in [-0.39, 0.29) is 4.90 Å². The van der Waals surface area contributed by atoms with Crippen molar-refractivity contribution in [3.63, 3.8) is 0 Å². The molecule has 0 fully saturated rings. The fourth-order valence-corrected chi connectivity index (χ4v) is 3.92. The van der Waals surface area contributed by atoms with Crippen molar-refractivity contribution in [1.29, 1.82) is 0 Å². The maximum absolute atomic E-state index is 12.6. The Hall–Kier alpha value is -2.02. The van der Waals surface area contributed by atoms with Gasteiger partial charge in [-0.1, -0.05) is 55.2 Å². The van der Waals surface area contributed by atoms with Gasteiger partial charge in [0.2, 0.25) is 0 Å². The number of nitrogens with one attached hydrogen (secondary N) is 1. The van der Waals surface area contributed by atoms with E-state index in [9.17, 15) is 8.42 Å². The van der Waals surface area contributed by atoms with Crippen LogP contribution >= 0.6 is 23.2 Å². The molecule has 0 amide bonds.